The molecule has 0 heterocycles. The first-order valence-electron chi connectivity index (χ1n) is 3.26. The van der Waals surface area contributed by atoms with Gasteiger partial charge < -0.3 is 51.1 Å². The number of hydrogen-bond acceptors (Lipinski definition) is 5. The maximum absolute atomic E-state index is 8.56. The fourth-order valence-electron chi connectivity index (χ4n) is 0. The van der Waals surface area contributed by atoms with Gasteiger partial charge >= 0.3 is 119 Å². The van der Waals surface area contributed by atoms with Gasteiger partial charge in [-0.3, -0.25) is 0 Å². The van der Waals surface area contributed by atoms with Gasteiger partial charge in [0.1, 0.15) is 0 Å². The predicted molar refractivity (Wildman–Crippen MR) is 74.7 cm³/mol. The molecule has 0 unspecified atom stereocenters. The van der Waals surface area contributed by atoms with Crippen molar-refractivity contribution in [2.24, 2.45) is 0 Å². The summed E-state index contributed by atoms with van der Waals surface area (Å²) in [6, 6.07) is 0. The Morgan fingerprint density at radius 3 is 0.304 bits per heavy atom. The molecular weight excluding hydrogens is 369 g/mol. The summed E-state index contributed by atoms with van der Waals surface area (Å²) in [7, 11) is 0. The molecule has 126 valence electrons. The van der Waals surface area contributed by atoms with Crippen LogP contribution in [0.5, 0.6) is 0 Å². The molecule has 0 aromatic heterocycles. The normalized spacial score (nSPS) is 5.22. The van der Waals surface area contributed by atoms with Crippen molar-refractivity contribution in [3.05, 3.63) is 0 Å². The van der Waals surface area contributed by atoms with Gasteiger partial charge in [0.2, 0.25) is 0 Å². The predicted octanol–water partition coefficient (Wildman–Crippen LogP) is -0.833. The zero-order valence-corrected chi connectivity index (χ0v) is 9.01. The van der Waals surface area contributed by atoms with Crippen LogP contribution in [0.15, 0.2) is 0 Å². The van der Waals surface area contributed by atoms with Gasteiger partial charge in [0.15, 0.2) is 0 Å². The Hall–Kier alpha value is -0.650. The van der Waals surface area contributed by atoms with Crippen molar-refractivity contribution in [1.29, 1.82) is 0 Å². The summed E-state index contributed by atoms with van der Waals surface area (Å²) in [6.45, 7) is 0. The average molecular weight is 382 g/mol. The van der Waals surface area contributed by atoms with Gasteiger partial charge in [0.05, 0.1) is 0 Å². The molecule has 15 nitrogen and oxygen atoms in total. The molecule has 0 atom stereocenters. The minimum atomic E-state index is -1.83. The van der Waals surface area contributed by atoms with E-state index in [1.54, 1.807) is 0 Å². The van der Waals surface area contributed by atoms with Crippen LogP contribution >= 0.6 is 0 Å². The fraction of sp³-hybridized carbons (Fsp3) is 0. The van der Waals surface area contributed by atoms with E-state index in [4.69, 9.17) is 75.0 Å². The quantitative estimate of drug-likeness (QED) is 0.228. The van der Waals surface area contributed by atoms with Gasteiger partial charge in [-0.25, -0.2) is 24.0 Å². The first-order valence-corrected chi connectivity index (χ1v) is 3.26. The van der Waals surface area contributed by atoms with Crippen LogP contribution in [0.2, 0.25) is 0 Å². The van der Waals surface area contributed by atoms with Crippen molar-refractivity contribution in [3.63, 3.8) is 0 Å². The number of rotatable bonds is 0. The second-order valence-electron chi connectivity index (χ2n) is 1.41. The first-order chi connectivity index (χ1) is 8.66. The molecule has 18 heteroatoms. The van der Waals surface area contributed by atoms with Gasteiger partial charge in [-0.1, -0.05) is 0 Å². The molecular formula is C5H13Na3O15. The van der Waals surface area contributed by atoms with Gasteiger partial charge in [0, 0.05) is 0 Å². The van der Waals surface area contributed by atoms with Crippen molar-refractivity contribution in [2.75, 3.05) is 0 Å². The molecule has 0 saturated heterocycles. The zero-order chi connectivity index (χ0) is 17.9. The summed E-state index contributed by atoms with van der Waals surface area (Å²) in [4.78, 5) is 42.8. The summed E-state index contributed by atoms with van der Waals surface area (Å²) >= 11 is 0. The third kappa shape index (κ3) is 18900. The first kappa shape index (κ1) is 49.5. The third-order valence-electron chi connectivity index (χ3n) is 0. The molecule has 0 spiro atoms. The van der Waals surface area contributed by atoms with Crippen molar-refractivity contribution in [3.8, 4) is 0 Å². The zero-order valence-electron chi connectivity index (χ0n) is 9.01. The van der Waals surface area contributed by atoms with Gasteiger partial charge in [-0.2, -0.15) is 0 Å². The van der Waals surface area contributed by atoms with E-state index in [0.717, 1.165) is 0 Å². The van der Waals surface area contributed by atoms with Crippen LogP contribution in [0.25, 0.3) is 0 Å². The van der Waals surface area contributed by atoms with Gasteiger partial charge in [-0.05, 0) is 0 Å². The minimum absolute atomic E-state index is 0. The Morgan fingerprint density at radius 1 is 0.304 bits per heavy atom. The second kappa shape index (κ2) is 42.9. The standard InChI is InChI=1S/5CH2O3.3Na.3H/c5*2-1(3)4;;;;;;/h5*(H2,2,3,4);;;;;;. The van der Waals surface area contributed by atoms with Crippen molar-refractivity contribution in [2.45, 2.75) is 0 Å². The number of carbonyl (C=O) groups is 5. The fourth-order valence-corrected chi connectivity index (χ4v) is 0. The number of carboxylic acid groups (broad SMARTS) is 10. The summed E-state index contributed by atoms with van der Waals surface area (Å²) < 4.78 is 0. The Kier molecular flexibility index (Phi) is 92.4. The van der Waals surface area contributed by atoms with E-state index >= 15 is 0 Å². The van der Waals surface area contributed by atoms with Crippen LogP contribution < -0.4 is 0 Å². The molecule has 0 aliphatic carbocycles. The Labute approximate surface area is 192 Å². The number of hydrogen-bond donors (Lipinski definition) is 10. The molecule has 23 heavy (non-hydrogen) atoms. The molecule has 0 saturated carbocycles. The Bertz CT molecular complexity index is 214. The van der Waals surface area contributed by atoms with Crippen LogP contribution in [0.1, 0.15) is 0 Å². The topological polar surface area (TPSA) is 288 Å². The third-order valence-corrected chi connectivity index (χ3v) is 0. The summed E-state index contributed by atoms with van der Waals surface area (Å²) in [5.74, 6) is 0. The summed E-state index contributed by atoms with van der Waals surface area (Å²) in [6.07, 6.45) is -9.17. The maximum atomic E-state index is 8.56. The van der Waals surface area contributed by atoms with E-state index < -0.39 is 30.8 Å². The Balaban J connectivity index is -0.0000000197. The summed E-state index contributed by atoms with van der Waals surface area (Å²) in [5.41, 5.74) is 0. The molecule has 0 aromatic rings. The molecule has 0 amide bonds. The van der Waals surface area contributed by atoms with E-state index in [1.807, 2.05) is 0 Å². The molecule has 0 aliphatic rings. The molecule has 0 rings (SSSR count). The molecule has 0 aromatic carbocycles. The summed E-state index contributed by atoms with van der Waals surface area (Å²) in [5, 5.41) is 69.7. The average Bonchev–Trinajstić information content (AvgIpc) is 1.94. The van der Waals surface area contributed by atoms with E-state index in [1.165, 1.54) is 0 Å². The molecule has 0 fully saturated rings. The van der Waals surface area contributed by atoms with E-state index in [2.05, 4.69) is 0 Å². The van der Waals surface area contributed by atoms with E-state index in [-0.39, 0.29) is 88.7 Å². The molecule has 0 bridgehead atoms. The molecule has 0 radical (unpaired) electrons. The van der Waals surface area contributed by atoms with Crippen LogP contribution in [-0.4, -0.2) is 171 Å². The molecule has 0 aliphatic heterocycles. The SMILES string of the molecule is O=C(O)O.O=C(O)O.O=C(O)O.O=C(O)O.O=C(O)O.[NaH].[NaH].[NaH]. The van der Waals surface area contributed by atoms with Crippen molar-refractivity contribution >= 4 is 119 Å². The van der Waals surface area contributed by atoms with Crippen LogP contribution in [0.3, 0.4) is 0 Å². The van der Waals surface area contributed by atoms with Crippen LogP contribution in [-0.2, 0) is 0 Å². The molecule has 10 N–H and O–H groups in total. The van der Waals surface area contributed by atoms with E-state index in [0.29, 0.717) is 0 Å². The van der Waals surface area contributed by atoms with Gasteiger partial charge in [-0.15, -0.1) is 0 Å². The van der Waals surface area contributed by atoms with Crippen molar-refractivity contribution < 1.29 is 75.0 Å². The van der Waals surface area contributed by atoms with Gasteiger partial charge in [0.25, 0.3) is 0 Å². The van der Waals surface area contributed by atoms with E-state index in [9.17, 15) is 0 Å². The van der Waals surface area contributed by atoms with Crippen LogP contribution in [0, 0.1) is 0 Å². The van der Waals surface area contributed by atoms with Crippen molar-refractivity contribution in [1.82, 2.24) is 0 Å². The van der Waals surface area contributed by atoms with Crippen LogP contribution in [0.4, 0.5) is 24.0 Å². The Morgan fingerprint density at radius 2 is 0.304 bits per heavy atom. The monoisotopic (exact) mass is 382 g/mol. The second-order valence-corrected chi connectivity index (χ2v) is 1.41.